The number of rotatable bonds is 6. The fourth-order valence-electron chi connectivity index (χ4n) is 3.09. The molecule has 1 N–H and O–H groups in total. The second kappa shape index (κ2) is 8.69. The minimum atomic E-state index is -3.56. The van der Waals surface area contributed by atoms with E-state index in [1.54, 1.807) is 44.2 Å². The Balaban J connectivity index is 1.56. The number of ether oxygens (including phenoxy) is 1. The van der Waals surface area contributed by atoms with E-state index in [-0.39, 0.29) is 16.8 Å². The summed E-state index contributed by atoms with van der Waals surface area (Å²) in [5.41, 5.74) is -1.08. The molecule has 29 heavy (non-hydrogen) atoms. The molecule has 0 bridgehead atoms. The molecule has 1 aromatic carbocycles. The highest BCUT2D eigenvalue weighted by Gasteiger charge is 2.34. The van der Waals surface area contributed by atoms with E-state index >= 15 is 0 Å². The van der Waals surface area contributed by atoms with Crippen LogP contribution < -0.4 is 10.1 Å². The third-order valence-corrected chi connectivity index (χ3v) is 6.93. The van der Waals surface area contributed by atoms with Crippen LogP contribution in [0.4, 0.5) is 0 Å². The Kier molecular flexibility index (Phi) is 6.45. The minimum Gasteiger partial charge on any atom is -0.478 e. The molecular formula is C20H24ClN3O4S. The lowest BCUT2D eigenvalue weighted by Gasteiger charge is -2.33. The summed E-state index contributed by atoms with van der Waals surface area (Å²) in [7, 11) is -3.56. The number of pyridine rings is 1. The lowest BCUT2D eigenvalue weighted by Crippen LogP contribution is -2.53. The van der Waals surface area contributed by atoms with Crippen LogP contribution in [0.5, 0.6) is 5.75 Å². The number of hydrogen-bond acceptors (Lipinski definition) is 5. The number of nitrogens with zero attached hydrogens (tertiary/aromatic N) is 2. The first-order valence-corrected chi connectivity index (χ1v) is 11.2. The molecule has 1 aliphatic heterocycles. The first-order valence-electron chi connectivity index (χ1n) is 9.34. The van der Waals surface area contributed by atoms with Gasteiger partial charge >= 0.3 is 0 Å². The van der Waals surface area contributed by atoms with Crippen LogP contribution in [-0.4, -0.2) is 48.3 Å². The molecule has 1 amide bonds. The van der Waals surface area contributed by atoms with Gasteiger partial charge in [0.05, 0.1) is 0 Å². The highest BCUT2D eigenvalue weighted by Crippen LogP contribution is 2.23. The van der Waals surface area contributed by atoms with Gasteiger partial charge in [-0.25, -0.2) is 8.42 Å². The molecule has 0 atom stereocenters. The third-order valence-electron chi connectivity index (χ3n) is 4.79. The summed E-state index contributed by atoms with van der Waals surface area (Å²) in [4.78, 5) is 16.8. The summed E-state index contributed by atoms with van der Waals surface area (Å²) >= 11 is 5.87. The van der Waals surface area contributed by atoms with Gasteiger partial charge in [0.1, 0.15) is 10.6 Å². The van der Waals surface area contributed by atoms with Gasteiger partial charge in [0.25, 0.3) is 5.91 Å². The van der Waals surface area contributed by atoms with E-state index in [1.165, 1.54) is 22.8 Å². The summed E-state index contributed by atoms with van der Waals surface area (Å²) in [6.07, 6.45) is 3.94. The van der Waals surface area contributed by atoms with Gasteiger partial charge in [-0.2, -0.15) is 4.31 Å². The lowest BCUT2D eigenvalue weighted by molar-refractivity contribution is -0.135. The number of halogens is 1. The molecule has 1 saturated heterocycles. The number of piperidine rings is 1. The van der Waals surface area contributed by atoms with Gasteiger partial charge in [-0.05, 0) is 63.1 Å². The number of hydrogen-bond donors (Lipinski definition) is 1. The fourth-order valence-corrected chi connectivity index (χ4v) is 4.65. The van der Waals surface area contributed by atoms with E-state index in [9.17, 15) is 13.2 Å². The summed E-state index contributed by atoms with van der Waals surface area (Å²) in [5, 5.41) is 3.57. The van der Waals surface area contributed by atoms with Crippen LogP contribution in [0.25, 0.3) is 0 Å². The highest BCUT2D eigenvalue weighted by molar-refractivity contribution is 7.89. The Hall–Kier alpha value is -2.16. The van der Waals surface area contributed by atoms with E-state index < -0.39 is 15.6 Å². The predicted molar refractivity (Wildman–Crippen MR) is 110 cm³/mol. The van der Waals surface area contributed by atoms with Crippen molar-refractivity contribution in [2.45, 2.75) is 43.2 Å². The second-order valence-corrected chi connectivity index (χ2v) is 9.78. The van der Waals surface area contributed by atoms with E-state index in [4.69, 9.17) is 16.3 Å². The van der Waals surface area contributed by atoms with Gasteiger partial charge in [0.15, 0.2) is 5.60 Å². The number of carbonyl (C=O) groups is 1. The molecule has 7 nitrogen and oxygen atoms in total. The number of benzene rings is 1. The van der Waals surface area contributed by atoms with Crippen LogP contribution in [-0.2, 0) is 14.8 Å². The topological polar surface area (TPSA) is 88.6 Å². The molecule has 3 rings (SSSR count). The van der Waals surface area contributed by atoms with Gasteiger partial charge in [-0.3, -0.25) is 9.78 Å². The monoisotopic (exact) mass is 437 g/mol. The molecule has 0 saturated carbocycles. The van der Waals surface area contributed by atoms with Gasteiger partial charge in [-0.15, -0.1) is 0 Å². The van der Waals surface area contributed by atoms with Crippen molar-refractivity contribution in [1.29, 1.82) is 0 Å². The average molecular weight is 438 g/mol. The fraction of sp³-hybridized carbons (Fsp3) is 0.400. The van der Waals surface area contributed by atoms with Crippen molar-refractivity contribution in [3.8, 4) is 5.75 Å². The first kappa shape index (κ1) is 21.5. The Labute approximate surface area is 176 Å². The standard InChI is InChI=1S/C20H24ClN3O4S/c1-20(2,28-17-7-5-15(21)6-8-17)19(25)23-16-9-12-24(13-10-16)29(26,27)18-4-3-11-22-14-18/h3-8,11,14,16H,9-10,12-13H2,1-2H3,(H,23,25). The molecule has 2 aromatic rings. The van der Waals surface area contributed by atoms with Crippen molar-refractivity contribution in [1.82, 2.24) is 14.6 Å². The zero-order valence-electron chi connectivity index (χ0n) is 16.3. The molecule has 0 radical (unpaired) electrons. The average Bonchev–Trinajstić information content (AvgIpc) is 2.70. The number of carbonyl (C=O) groups excluding carboxylic acids is 1. The predicted octanol–water partition coefficient (Wildman–Crippen LogP) is 2.86. The number of aromatic nitrogens is 1. The Morgan fingerprint density at radius 1 is 1.21 bits per heavy atom. The number of sulfonamides is 1. The minimum absolute atomic E-state index is 0.115. The molecule has 1 fully saturated rings. The van der Waals surface area contributed by atoms with Crippen molar-refractivity contribution < 1.29 is 17.9 Å². The molecule has 0 aliphatic carbocycles. The maximum Gasteiger partial charge on any atom is 0.263 e. The normalized spacial score (nSPS) is 16.4. The van der Waals surface area contributed by atoms with Crippen LogP contribution in [0.1, 0.15) is 26.7 Å². The molecule has 2 heterocycles. The van der Waals surface area contributed by atoms with Crippen molar-refractivity contribution in [3.05, 3.63) is 53.8 Å². The van der Waals surface area contributed by atoms with E-state index in [0.717, 1.165) is 0 Å². The summed E-state index contributed by atoms with van der Waals surface area (Å²) in [6, 6.07) is 9.83. The van der Waals surface area contributed by atoms with Gasteiger partial charge < -0.3 is 10.1 Å². The molecule has 1 aromatic heterocycles. The first-order chi connectivity index (χ1) is 13.7. The van der Waals surface area contributed by atoms with Crippen molar-refractivity contribution in [2.75, 3.05) is 13.1 Å². The van der Waals surface area contributed by atoms with Gasteiger partial charge in [0.2, 0.25) is 10.0 Å². The van der Waals surface area contributed by atoms with Crippen molar-refractivity contribution >= 4 is 27.5 Å². The van der Waals surface area contributed by atoms with Gasteiger partial charge in [0, 0.05) is 36.5 Å². The third kappa shape index (κ3) is 5.26. The SMILES string of the molecule is CC(C)(Oc1ccc(Cl)cc1)C(=O)NC1CCN(S(=O)(=O)c2cccnc2)CC1. The van der Waals surface area contributed by atoms with Crippen LogP contribution in [0.15, 0.2) is 53.7 Å². The highest BCUT2D eigenvalue weighted by atomic mass is 35.5. The zero-order chi connectivity index (χ0) is 21.1. The van der Waals surface area contributed by atoms with Crippen LogP contribution >= 0.6 is 11.6 Å². The number of amides is 1. The zero-order valence-corrected chi connectivity index (χ0v) is 17.9. The van der Waals surface area contributed by atoms with Crippen molar-refractivity contribution in [2.24, 2.45) is 0 Å². The Morgan fingerprint density at radius 2 is 1.86 bits per heavy atom. The van der Waals surface area contributed by atoms with Crippen LogP contribution in [0.2, 0.25) is 5.02 Å². The summed E-state index contributed by atoms with van der Waals surface area (Å²) in [6.45, 7) is 4.05. The van der Waals surface area contributed by atoms with E-state index in [2.05, 4.69) is 10.3 Å². The van der Waals surface area contributed by atoms with Crippen LogP contribution in [0, 0.1) is 0 Å². The smallest absolute Gasteiger partial charge is 0.263 e. The Morgan fingerprint density at radius 3 is 2.45 bits per heavy atom. The van der Waals surface area contributed by atoms with Crippen molar-refractivity contribution in [3.63, 3.8) is 0 Å². The summed E-state index contributed by atoms with van der Waals surface area (Å²) < 4.78 is 32.6. The lowest BCUT2D eigenvalue weighted by atomic mass is 10.0. The maximum atomic E-state index is 12.7. The quantitative estimate of drug-likeness (QED) is 0.750. The molecule has 0 unspecified atom stereocenters. The molecule has 1 aliphatic rings. The maximum absolute atomic E-state index is 12.7. The van der Waals surface area contributed by atoms with E-state index in [0.29, 0.717) is 36.7 Å². The number of nitrogens with one attached hydrogen (secondary N) is 1. The molecule has 156 valence electrons. The Bertz CT molecular complexity index is 941. The van der Waals surface area contributed by atoms with Gasteiger partial charge in [-0.1, -0.05) is 11.6 Å². The molecular weight excluding hydrogens is 414 g/mol. The second-order valence-electron chi connectivity index (χ2n) is 7.41. The molecule has 0 spiro atoms. The largest absolute Gasteiger partial charge is 0.478 e. The van der Waals surface area contributed by atoms with E-state index in [1.807, 2.05) is 0 Å². The van der Waals surface area contributed by atoms with Crippen LogP contribution in [0.3, 0.4) is 0 Å². The summed E-state index contributed by atoms with van der Waals surface area (Å²) in [5.74, 6) is 0.299. The molecule has 9 heteroatoms.